The van der Waals surface area contributed by atoms with E-state index in [-0.39, 0.29) is 29.1 Å². The van der Waals surface area contributed by atoms with Crippen LogP contribution in [0.15, 0.2) is 36.4 Å². The molecular formula is C25H25F3N2O2. The van der Waals surface area contributed by atoms with E-state index in [1.807, 2.05) is 0 Å². The number of hydrogen-bond acceptors (Lipinski definition) is 2. The lowest BCUT2D eigenvalue weighted by atomic mass is 9.70. The van der Waals surface area contributed by atoms with Gasteiger partial charge in [-0.25, -0.2) is 13.2 Å². The maximum Gasteiger partial charge on any atom is 0.223 e. The molecule has 1 saturated heterocycles. The minimum Gasteiger partial charge on any atom is -0.381 e. The molecule has 2 aliphatic rings. The van der Waals surface area contributed by atoms with Crippen molar-refractivity contribution in [2.24, 2.45) is 11.8 Å². The Kier molecular flexibility index (Phi) is 5.67. The third kappa shape index (κ3) is 4.01. The maximum absolute atomic E-state index is 14.5. The van der Waals surface area contributed by atoms with Crippen LogP contribution in [0.2, 0.25) is 0 Å². The highest BCUT2D eigenvalue weighted by molar-refractivity contribution is 5.92. The number of carbonyl (C=O) groups is 1. The molecule has 2 aromatic carbocycles. The molecule has 4 nitrogen and oxygen atoms in total. The lowest BCUT2D eigenvalue weighted by molar-refractivity contribution is -0.128. The summed E-state index contributed by atoms with van der Waals surface area (Å²) in [5, 5.41) is 3.54. The number of hydrogen-bond donors (Lipinski definition) is 2. The first-order valence-corrected chi connectivity index (χ1v) is 11.1. The number of rotatable bonds is 5. The van der Waals surface area contributed by atoms with Crippen LogP contribution in [0.5, 0.6) is 0 Å². The van der Waals surface area contributed by atoms with Crippen molar-refractivity contribution in [1.29, 1.82) is 0 Å². The average Bonchev–Trinajstić information content (AvgIpc) is 3.12. The second kappa shape index (κ2) is 8.62. The molecule has 2 heterocycles. The van der Waals surface area contributed by atoms with Gasteiger partial charge in [0, 0.05) is 37.1 Å². The summed E-state index contributed by atoms with van der Waals surface area (Å²) in [6.07, 6.45) is 3.14. The molecule has 2 N–H and O–H groups in total. The Morgan fingerprint density at radius 2 is 1.75 bits per heavy atom. The van der Waals surface area contributed by atoms with Gasteiger partial charge in [-0.15, -0.1) is 0 Å². The Bertz CT molecular complexity index is 1130. The Balaban J connectivity index is 1.37. The molecule has 1 amide bonds. The molecule has 0 bridgehead atoms. The van der Waals surface area contributed by atoms with Crippen LogP contribution in [-0.4, -0.2) is 30.6 Å². The zero-order chi connectivity index (χ0) is 22.2. The van der Waals surface area contributed by atoms with Crippen LogP contribution in [0, 0.1) is 29.3 Å². The van der Waals surface area contributed by atoms with Gasteiger partial charge < -0.3 is 15.0 Å². The van der Waals surface area contributed by atoms with E-state index in [0.29, 0.717) is 41.9 Å². The molecule has 1 aliphatic heterocycles. The summed E-state index contributed by atoms with van der Waals surface area (Å²) in [5.74, 6) is -1.33. The van der Waals surface area contributed by atoms with Gasteiger partial charge >= 0.3 is 0 Å². The van der Waals surface area contributed by atoms with E-state index < -0.39 is 11.6 Å². The van der Waals surface area contributed by atoms with Gasteiger partial charge in [-0.1, -0.05) is 0 Å². The zero-order valence-corrected chi connectivity index (χ0v) is 17.6. The monoisotopic (exact) mass is 442 g/mol. The molecule has 2 fully saturated rings. The van der Waals surface area contributed by atoms with Crippen molar-refractivity contribution in [3.8, 4) is 11.3 Å². The second-order valence-electron chi connectivity index (χ2n) is 8.90. The van der Waals surface area contributed by atoms with Gasteiger partial charge in [0.2, 0.25) is 5.91 Å². The van der Waals surface area contributed by atoms with E-state index in [2.05, 4.69) is 10.3 Å². The first kappa shape index (κ1) is 21.1. The number of H-pyrrole nitrogens is 1. The van der Waals surface area contributed by atoms with E-state index in [1.165, 1.54) is 18.2 Å². The molecule has 168 valence electrons. The summed E-state index contributed by atoms with van der Waals surface area (Å²) in [6.45, 7) is 2.14. The molecule has 0 radical (unpaired) electrons. The molecular weight excluding hydrogens is 417 g/mol. The highest BCUT2D eigenvalue weighted by atomic mass is 19.1. The summed E-state index contributed by atoms with van der Waals surface area (Å²) < 4.78 is 47.3. The number of aromatic amines is 1. The predicted molar refractivity (Wildman–Crippen MR) is 116 cm³/mol. The van der Waals surface area contributed by atoms with Crippen molar-refractivity contribution < 1.29 is 22.7 Å². The van der Waals surface area contributed by atoms with Crippen molar-refractivity contribution >= 4 is 16.8 Å². The highest BCUT2D eigenvalue weighted by Gasteiger charge is 2.38. The van der Waals surface area contributed by atoms with Gasteiger partial charge in [0.25, 0.3) is 0 Å². The normalized spacial score (nSPS) is 21.5. The Hall–Kier alpha value is -2.80. The van der Waals surface area contributed by atoms with E-state index in [9.17, 15) is 18.0 Å². The molecule has 1 aliphatic carbocycles. The average molecular weight is 442 g/mol. The fourth-order valence-electron chi connectivity index (χ4n) is 4.92. The zero-order valence-electron chi connectivity index (χ0n) is 17.6. The summed E-state index contributed by atoms with van der Waals surface area (Å²) in [5.41, 5.74) is 2.37. The van der Waals surface area contributed by atoms with Crippen LogP contribution in [0.1, 0.15) is 37.2 Å². The number of aromatic nitrogens is 1. The molecule has 5 rings (SSSR count). The van der Waals surface area contributed by atoms with E-state index in [4.69, 9.17) is 4.74 Å². The topological polar surface area (TPSA) is 54.1 Å². The van der Waals surface area contributed by atoms with Gasteiger partial charge in [-0.05, 0) is 79.0 Å². The van der Waals surface area contributed by atoms with E-state index >= 15 is 0 Å². The number of amides is 1. The number of nitrogens with one attached hydrogen (secondary N) is 2. The van der Waals surface area contributed by atoms with Crippen molar-refractivity contribution in [3.05, 3.63) is 59.4 Å². The first-order chi connectivity index (χ1) is 15.5. The van der Waals surface area contributed by atoms with Crippen LogP contribution < -0.4 is 5.32 Å². The Labute approximate surface area is 184 Å². The standard InChI is InChI=1S/C25H25F3N2O2/c26-18-3-1-15(2-4-18)23-22(20-11-19(27)12-21(28)24(20)30-23)16-9-17(10-16)25(31)29-13-14-5-7-32-8-6-14/h1-4,11-12,14,16-17,30H,5-10,13H2,(H,29,31). The number of ether oxygens (including phenoxy) is 1. The summed E-state index contributed by atoms with van der Waals surface area (Å²) in [6, 6.07) is 8.10. The number of fused-ring (bicyclic) bond motifs is 1. The summed E-state index contributed by atoms with van der Waals surface area (Å²) in [7, 11) is 0. The second-order valence-corrected chi connectivity index (χ2v) is 8.90. The van der Waals surface area contributed by atoms with Gasteiger partial charge in [-0.3, -0.25) is 4.79 Å². The van der Waals surface area contributed by atoms with Crippen LogP contribution in [0.25, 0.3) is 22.2 Å². The molecule has 1 saturated carbocycles. The smallest absolute Gasteiger partial charge is 0.223 e. The molecule has 0 atom stereocenters. The lowest BCUT2D eigenvalue weighted by Crippen LogP contribution is -2.40. The van der Waals surface area contributed by atoms with Gasteiger partial charge in [-0.2, -0.15) is 0 Å². The number of halogens is 3. The predicted octanol–water partition coefficient (Wildman–Crippen LogP) is 5.29. The van der Waals surface area contributed by atoms with Crippen molar-refractivity contribution in [3.63, 3.8) is 0 Å². The van der Waals surface area contributed by atoms with E-state index in [0.717, 1.165) is 37.7 Å². The van der Waals surface area contributed by atoms with Gasteiger partial charge in [0.15, 0.2) is 0 Å². The highest BCUT2D eigenvalue weighted by Crippen LogP contribution is 2.48. The molecule has 7 heteroatoms. The third-order valence-corrected chi connectivity index (χ3v) is 6.82. The molecule has 32 heavy (non-hydrogen) atoms. The van der Waals surface area contributed by atoms with Crippen LogP contribution in [0.4, 0.5) is 13.2 Å². The SMILES string of the molecule is O=C(NCC1CCOCC1)C1CC(c2c(-c3ccc(F)cc3)[nH]c3c(F)cc(F)cc23)C1. The molecule has 0 spiro atoms. The number of benzene rings is 2. The minimum absolute atomic E-state index is 0.0103. The van der Waals surface area contributed by atoms with Crippen LogP contribution in [0.3, 0.4) is 0 Å². The van der Waals surface area contributed by atoms with Gasteiger partial charge in [0.1, 0.15) is 17.5 Å². The number of carbonyl (C=O) groups excluding carboxylic acids is 1. The van der Waals surface area contributed by atoms with E-state index in [1.54, 1.807) is 12.1 Å². The fraction of sp³-hybridized carbons (Fsp3) is 0.400. The maximum atomic E-state index is 14.5. The fourth-order valence-corrected chi connectivity index (χ4v) is 4.92. The quantitative estimate of drug-likeness (QED) is 0.564. The first-order valence-electron chi connectivity index (χ1n) is 11.1. The summed E-state index contributed by atoms with van der Waals surface area (Å²) in [4.78, 5) is 15.7. The summed E-state index contributed by atoms with van der Waals surface area (Å²) >= 11 is 0. The molecule has 3 aromatic rings. The van der Waals surface area contributed by atoms with Crippen molar-refractivity contribution in [2.75, 3.05) is 19.8 Å². The van der Waals surface area contributed by atoms with Gasteiger partial charge in [0.05, 0.1) is 11.2 Å². The molecule has 0 unspecified atom stereocenters. The third-order valence-electron chi connectivity index (χ3n) is 6.82. The molecule has 1 aromatic heterocycles. The Morgan fingerprint density at radius 1 is 1.03 bits per heavy atom. The lowest BCUT2D eigenvalue weighted by Gasteiger charge is -2.35. The Morgan fingerprint density at radius 3 is 2.47 bits per heavy atom. The minimum atomic E-state index is -0.667. The van der Waals surface area contributed by atoms with Crippen LogP contribution >= 0.6 is 0 Å². The van der Waals surface area contributed by atoms with Crippen LogP contribution in [-0.2, 0) is 9.53 Å². The van der Waals surface area contributed by atoms with Crippen molar-refractivity contribution in [2.45, 2.75) is 31.6 Å². The van der Waals surface area contributed by atoms with Crippen molar-refractivity contribution in [1.82, 2.24) is 10.3 Å². The largest absolute Gasteiger partial charge is 0.381 e.